The number of Topliss-reactive ketones (excluding diaryl/α,β-unsaturated/α-hetero) is 1. The van der Waals surface area contributed by atoms with Gasteiger partial charge < -0.3 is 0 Å². The van der Waals surface area contributed by atoms with Gasteiger partial charge in [0.1, 0.15) is 11.5 Å². The minimum absolute atomic E-state index is 0.113. The van der Waals surface area contributed by atoms with Crippen molar-refractivity contribution < 1.29 is 4.79 Å². The van der Waals surface area contributed by atoms with Crippen LogP contribution in [0.3, 0.4) is 0 Å². The van der Waals surface area contributed by atoms with E-state index in [0.717, 1.165) is 24.1 Å². The Labute approximate surface area is 116 Å². The van der Waals surface area contributed by atoms with E-state index in [9.17, 15) is 4.79 Å². The van der Waals surface area contributed by atoms with E-state index in [0.29, 0.717) is 23.6 Å². The highest BCUT2D eigenvalue weighted by molar-refractivity contribution is 6.30. The number of hydrogen-bond acceptors (Lipinski definition) is 3. The van der Waals surface area contributed by atoms with Gasteiger partial charge in [0.15, 0.2) is 0 Å². The standard InChI is InChI=1S/C14H14ClN3O/c15-11-6-4-10(5-7-11)14-9-16-18(17-14)12-2-1-3-13(19)8-12/h4-7,9,12H,1-3,8H2/t12-/m1/s1. The van der Waals surface area contributed by atoms with Crippen molar-refractivity contribution in [3.05, 3.63) is 35.5 Å². The monoisotopic (exact) mass is 275 g/mol. The van der Waals surface area contributed by atoms with Gasteiger partial charge in [-0.05, 0) is 25.0 Å². The van der Waals surface area contributed by atoms with E-state index in [1.165, 1.54) is 0 Å². The fraction of sp³-hybridized carbons (Fsp3) is 0.357. The lowest BCUT2D eigenvalue weighted by atomic mass is 9.95. The summed E-state index contributed by atoms with van der Waals surface area (Å²) in [4.78, 5) is 13.2. The Balaban J connectivity index is 1.82. The maximum absolute atomic E-state index is 11.5. The van der Waals surface area contributed by atoms with Gasteiger partial charge in [0, 0.05) is 23.4 Å². The topological polar surface area (TPSA) is 47.8 Å². The molecule has 2 aromatic rings. The molecule has 1 aromatic carbocycles. The van der Waals surface area contributed by atoms with E-state index in [1.54, 1.807) is 11.0 Å². The maximum Gasteiger partial charge on any atom is 0.135 e. The molecule has 0 bridgehead atoms. The van der Waals surface area contributed by atoms with E-state index in [2.05, 4.69) is 10.2 Å². The Morgan fingerprint density at radius 3 is 2.79 bits per heavy atom. The minimum atomic E-state index is 0.113. The molecule has 4 nitrogen and oxygen atoms in total. The van der Waals surface area contributed by atoms with Crippen LogP contribution in [0.15, 0.2) is 30.5 Å². The highest BCUT2D eigenvalue weighted by Crippen LogP contribution is 2.26. The molecular formula is C14H14ClN3O. The van der Waals surface area contributed by atoms with Gasteiger partial charge >= 0.3 is 0 Å². The zero-order chi connectivity index (χ0) is 13.2. The second-order valence-electron chi connectivity index (χ2n) is 4.85. The van der Waals surface area contributed by atoms with Crippen molar-refractivity contribution in [2.24, 2.45) is 0 Å². The molecule has 1 saturated carbocycles. The molecule has 3 rings (SSSR count). The van der Waals surface area contributed by atoms with Crippen LogP contribution in [0.1, 0.15) is 31.7 Å². The second kappa shape index (κ2) is 5.13. The Kier molecular flexibility index (Phi) is 3.34. The third-order valence-corrected chi connectivity index (χ3v) is 3.68. The Bertz CT molecular complexity index is 591. The molecule has 0 saturated heterocycles. The highest BCUT2D eigenvalue weighted by atomic mass is 35.5. The van der Waals surface area contributed by atoms with Crippen LogP contribution in [-0.4, -0.2) is 20.8 Å². The van der Waals surface area contributed by atoms with Gasteiger partial charge in [0.25, 0.3) is 0 Å². The lowest BCUT2D eigenvalue weighted by molar-refractivity contribution is -0.121. The van der Waals surface area contributed by atoms with E-state index in [4.69, 9.17) is 11.6 Å². The molecule has 98 valence electrons. The van der Waals surface area contributed by atoms with Gasteiger partial charge in [-0.1, -0.05) is 23.7 Å². The molecule has 0 amide bonds. The number of carbonyl (C=O) groups is 1. The zero-order valence-electron chi connectivity index (χ0n) is 10.4. The van der Waals surface area contributed by atoms with Crippen LogP contribution < -0.4 is 0 Å². The van der Waals surface area contributed by atoms with Gasteiger partial charge in [0.2, 0.25) is 0 Å². The van der Waals surface area contributed by atoms with E-state index in [1.807, 2.05) is 24.3 Å². The Hall–Kier alpha value is -1.68. The van der Waals surface area contributed by atoms with Crippen LogP contribution in [0.25, 0.3) is 11.3 Å². The molecule has 0 spiro atoms. The summed E-state index contributed by atoms with van der Waals surface area (Å²) in [6.45, 7) is 0. The minimum Gasteiger partial charge on any atom is -0.300 e. The van der Waals surface area contributed by atoms with E-state index >= 15 is 0 Å². The number of nitrogens with zero attached hydrogens (tertiary/aromatic N) is 3. The number of rotatable bonds is 2. The fourth-order valence-electron chi connectivity index (χ4n) is 2.40. The molecule has 1 atom stereocenters. The summed E-state index contributed by atoms with van der Waals surface area (Å²) in [6, 6.07) is 7.62. The summed E-state index contributed by atoms with van der Waals surface area (Å²) >= 11 is 5.86. The first-order valence-corrected chi connectivity index (χ1v) is 6.79. The number of halogens is 1. The smallest absolute Gasteiger partial charge is 0.135 e. The van der Waals surface area contributed by atoms with Crippen molar-refractivity contribution in [3.8, 4) is 11.3 Å². The van der Waals surface area contributed by atoms with Crippen LogP contribution >= 0.6 is 11.6 Å². The Morgan fingerprint density at radius 2 is 2.05 bits per heavy atom. The first-order chi connectivity index (χ1) is 9.22. The number of aromatic nitrogens is 3. The fourth-order valence-corrected chi connectivity index (χ4v) is 2.53. The van der Waals surface area contributed by atoms with Gasteiger partial charge in [-0.3, -0.25) is 4.79 Å². The summed E-state index contributed by atoms with van der Waals surface area (Å²) < 4.78 is 0. The van der Waals surface area contributed by atoms with Crippen molar-refractivity contribution >= 4 is 17.4 Å². The lowest BCUT2D eigenvalue weighted by Gasteiger charge is -2.19. The SMILES string of the molecule is O=C1CCC[C@@H](n2ncc(-c3ccc(Cl)cc3)n2)C1. The van der Waals surface area contributed by atoms with Gasteiger partial charge in [-0.2, -0.15) is 15.0 Å². The first kappa shape index (κ1) is 12.4. The summed E-state index contributed by atoms with van der Waals surface area (Å²) in [5, 5.41) is 9.47. The van der Waals surface area contributed by atoms with Crippen molar-refractivity contribution in [1.82, 2.24) is 15.0 Å². The van der Waals surface area contributed by atoms with Crippen LogP contribution in [0.4, 0.5) is 0 Å². The van der Waals surface area contributed by atoms with Crippen LogP contribution in [0.5, 0.6) is 0 Å². The average Bonchev–Trinajstić information content (AvgIpc) is 2.89. The summed E-state index contributed by atoms with van der Waals surface area (Å²) in [5.41, 5.74) is 1.80. The lowest BCUT2D eigenvalue weighted by Crippen LogP contribution is -2.20. The molecule has 0 unspecified atom stereocenters. The van der Waals surface area contributed by atoms with Gasteiger partial charge in [0.05, 0.1) is 12.2 Å². The number of benzene rings is 1. The molecule has 1 aromatic heterocycles. The number of carbonyl (C=O) groups excluding carboxylic acids is 1. The molecule has 1 heterocycles. The van der Waals surface area contributed by atoms with Crippen molar-refractivity contribution in [2.75, 3.05) is 0 Å². The first-order valence-electron chi connectivity index (χ1n) is 6.42. The maximum atomic E-state index is 11.5. The molecule has 0 N–H and O–H groups in total. The normalized spacial score (nSPS) is 19.6. The second-order valence-corrected chi connectivity index (χ2v) is 5.28. The quantitative estimate of drug-likeness (QED) is 0.845. The number of hydrogen-bond donors (Lipinski definition) is 0. The summed E-state index contributed by atoms with van der Waals surface area (Å²) in [7, 11) is 0. The van der Waals surface area contributed by atoms with Crippen molar-refractivity contribution in [1.29, 1.82) is 0 Å². The van der Waals surface area contributed by atoms with Gasteiger partial charge in [-0.25, -0.2) is 0 Å². The Morgan fingerprint density at radius 1 is 1.26 bits per heavy atom. The van der Waals surface area contributed by atoms with Crippen LogP contribution in [-0.2, 0) is 4.79 Å². The number of ketones is 1. The largest absolute Gasteiger partial charge is 0.300 e. The molecule has 1 aliphatic carbocycles. The molecule has 0 aliphatic heterocycles. The third kappa shape index (κ3) is 2.68. The zero-order valence-corrected chi connectivity index (χ0v) is 11.2. The molecule has 0 radical (unpaired) electrons. The third-order valence-electron chi connectivity index (χ3n) is 3.43. The predicted molar refractivity (Wildman–Crippen MR) is 73.0 cm³/mol. The molecule has 1 fully saturated rings. The van der Waals surface area contributed by atoms with Crippen LogP contribution in [0, 0.1) is 0 Å². The molecule has 19 heavy (non-hydrogen) atoms. The van der Waals surface area contributed by atoms with E-state index < -0.39 is 0 Å². The molecule has 1 aliphatic rings. The summed E-state index contributed by atoms with van der Waals surface area (Å²) in [6.07, 6.45) is 4.89. The molecule has 5 heteroatoms. The van der Waals surface area contributed by atoms with E-state index in [-0.39, 0.29) is 6.04 Å². The predicted octanol–water partition coefficient (Wildman–Crippen LogP) is 3.28. The highest BCUT2D eigenvalue weighted by Gasteiger charge is 2.22. The van der Waals surface area contributed by atoms with Gasteiger partial charge in [-0.15, -0.1) is 0 Å². The average molecular weight is 276 g/mol. The van der Waals surface area contributed by atoms with Crippen molar-refractivity contribution in [2.45, 2.75) is 31.7 Å². The van der Waals surface area contributed by atoms with Crippen molar-refractivity contribution in [3.63, 3.8) is 0 Å². The van der Waals surface area contributed by atoms with Crippen LogP contribution in [0.2, 0.25) is 5.02 Å². The summed E-state index contributed by atoms with van der Waals surface area (Å²) in [5.74, 6) is 0.307. The molecular weight excluding hydrogens is 262 g/mol.